The smallest absolute Gasteiger partial charge is 0.289 e. The van der Waals surface area contributed by atoms with Gasteiger partial charge in [-0.2, -0.15) is 0 Å². The summed E-state index contributed by atoms with van der Waals surface area (Å²) in [4.78, 5) is 42.2. The molecule has 3 heterocycles. The fourth-order valence-corrected chi connectivity index (χ4v) is 4.44. The van der Waals surface area contributed by atoms with Crippen molar-refractivity contribution in [3.05, 3.63) is 71.1 Å². The van der Waals surface area contributed by atoms with Gasteiger partial charge < -0.3 is 24.3 Å². The lowest BCUT2D eigenvalue weighted by atomic mass is 10.00. The summed E-state index contributed by atoms with van der Waals surface area (Å²) in [6.07, 6.45) is 1.43. The Labute approximate surface area is 194 Å². The van der Waals surface area contributed by atoms with E-state index in [-0.39, 0.29) is 36.6 Å². The Hall–Kier alpha value is -3.78. The number of fused-ring (bicyclic) bond motifs is 2. The zero-order chi connectivity index (χ0) is 23.1. The number of methoxy groups -OCH3 is 1. The predicted octanol–water partition coefficient (Wildman–Crippen LogP) is 3.53. The molecule has 2 aliphatic rings. The minimum absolute atomic E-state index is 0.0834. The lowest BCUT2D eigenvalue weighted by Crippen LogP contribution is -2.59. The molecule has 0 aliphatic carbocycles. The SMILES string of the molecule is COc1ccc(Cl)cc1-c1ccc2c(c1)C(=O)N1CCN(C(=O)c3ccco3)C[C@H]1C(=O)N2. The Morgan fingerprint density at radius 3 is 2.73 bits per heavy atom. The summed E-state index contributed by atoms with van der Waals surface area (Å²) in [6, 6.07) is 12.9. The third-order valence-electron chi connectivity index (χ3n) is 5.94. The molecule has 0 spiro atoms. The second-order valence-electron chi connectivity index (χ2n) is 7.84. The zero-order valence-electron chi connectivity index (χ0n) is 17.7. The summed E-state index contributed by atoms with van der Waals surface area (Å²) in [5.74, 6) is -0.106. The molecule has 1 saturated heterocycles. The highest BCUT2D eigenvalue weighted by Gasteiger charge is 2.41. The molecule has 168 valence electrons. The fraction of sp³-hybridized carbons (Fsp3) is 0.208. The predicted molar refractivity (Wildman–Crippen MR) is 122 cm³/mol. The Kier molecular flexibility index (Phi) is 5.30. The van der Waals surface area contributed by atoms with E-state index in [1.54, 1.807) is 55.6 Å². The van der Waals surface area contributed by atoms with E-state index in [4.69, 9.17) is 20.8 Å². The van der Waals surface area contributed by atoms with Gasteiger partial charge in [0.05, 0.1) is 31.2 Å². The normalized spacial score (nSPS) is 17.7. The van der Waals surface area contributed by atoms with Crippen molar-refractivity contribution in [2.24, 2.45) is 0 Å². The standard InChI is InChI=1S/C24H20ClN3O5/c1-32-20-7-5-15(25)12-16(20)14-4-6-18-17(11-14)23(30)28-9-8-27(13-19(28)22(29)26-18)24(31)21-3-2-10-33-21/h2-7,10-12,19H,8-9,13H2,1H3,(H,26,29)/t19-/m0/s1. The molecule has 0 bridgehead atoms. The number of furan rings is 1. The monoisotopic (exact) mass is 465 g/mol. The molecule has 3 aromatic rings. The number of nitrogens with one attached hydrogen (secondary N) is 1. The van der Waals surface area contributed by atoms with Gasteiger partial charge in [-0.25, -0.2) is 0 Å². The highest BCUT2D eigenvalue weighted by Crippen LogP contribution is 2.36. The van der Waals surface area contributed by atoms with Gasteiger partial charge in [0.1, 0.15) is 11.8 Å². The molecule has 1 fully saturated rings. The number of ether oxygens (including phenoxy) is 1. The van der Waals surface area contributed by atoms with Crippen LogP contribution in [0.15, 0.2) is 59.2 Å². The Bertz CT molecular complexity index is 1260. The van der Waals surface area contributed by atoms with Crippen molar-refractivity contribution in [1.82, 2.24) is 9.80 Å². The topological polar surface area (TPSA) is 92.1 Å². The van der Waals surface area contributed by atoms with E-state index >= 15 is 0 Å². The summed E-state index contributed by atoms with van der Waals surface area (Å²) in [7, 11) is 1.57. The quantitative estimate of drug-likeness (QED) is 0.639. The van der Waals surface area contributed by atoms with Gasteiger partial charge >= 0.3 is 0 Å². The maximum Gasteiger partial charge on any atom is 0.289 e. The number of amides is 3. The van der Waals surface area contributed by atoms with Gasteiger partial charge in [-0.15, -0.1) is 0 Å². The molecule has 8 nitrogen and oxygen atoms in total. The van der Waals surface area contributed by atoms with Crippen LogP contribution >= 0.6 is 11.6 Å². The molecule has 3 amide bonds. The number of piperazine rings is 1. The molecule has 0 unspecified atom stereocenters. The first-order valence-electron chi connectivity index (χ1n) is 10.4. The van der Waals surface area contributed by atoms with Gasteiger partial charge in [-0.05, 0) is 48.0 Å². The van der Waals surface area contributed by atoms with Gasteiger partial charge in [0.25, 0.3) is 11.8 Å². The first kappa shape index (κ1) is 21.1. The molecule has 2 aliphatic heterocycles. The largest absolute Gasteiger partial charge is 0.496 e. The number of halogens is 1. The van der Waals surface area contributed by atoms with E-state index in [0.717, 1.165) is 11.1 Å². The van der Waals surface area contributed by atoms with Gasteiger partial charge in [0.2, 0.25) is 5.91 Å². The van der Waals surface area contributed by atoms with Crippen molar-refractivity contribution in [1.29, 1.82) is 0 Å². The first-order valence-corrected chi connectivity index (χ1v) is 10.8. The molecular weight excluding hydrogens is 446 g/mol. The van der Waals surface area contributed by atoms with Crippen molar-refractivity contribution >= 4 is 35.0 Å². The second kappa shape index (κ2) is 8.29. The average Bonchev–Trinajstić information content (AvgIpc) is 3.35. The molecule has 1 aromatic heterocycles. The van der Waals surface area contributed by atoms with Crippen LogP contribution in [0.2, 0.25) is 5.02 Å². The number of hydrogen-bond donors (Lipinski definition) is 1. The zero-order valence-corrected chi connectivity index (χ0v) is 18.5. The second-order valence-corrected chi connectivity index (χ2v) is 8.27. The molecule has 5 rings (SSSR count). The third kappa shape index (κ3) is 3.72. The van der Waals surface area contributed by atoms with Crippen LogP contribution in [-0.4, -0.2) is 60.3 Å². The number of hydrogen-bond acceptors (Lipinski definition) is 5. The molecule has 0 saturated carbocycles. The average molecular weight is 466 g/mol. The van der Waals surface area contributed by atoms with Crippen LogP contribution in [-0.2, 0) is 4.79 Å². The molecule has 1 N–H and O–H groups in total. The van der Waals surface area contributed by atoms with Gasteiger partial charge in [0.15, 0.2) is 5.76 Å². The minimum atomic E-state index is -0.804. The van der Waals surface area contributed by atoms with Crippen molar-refractivity contribution in [3.8, 4) is 16.9 Å². The molecule has 1 atom stereocenters. The van der Waals surface area contributed by atoms with Crippen molar-refractivity contribution in [2.45, 2.75) is 6.04 Å². The molecule has 2 aromatic carbocycles. The van der Waals surface area contributed by atoms with Crippen LogP contribution in [0.5, 0.6) is 5.75 Å². The van der Waals surface area contributed by atoms with Crippen LogP contribution in [0.25, 0.3) is 11.1 Å². The summed E-state index contributed by atoms with van der Waals surface area (Å²) >= 11 is 6.18. The van der Waals surface area contributed by atoms with Crippen molar-refractivity contribution < 1.29 is 23.5 Å². The Morgan fingerprint density at radius 1 is 1.12 bits per heavy atom. The molecular formula is C24H20ClN3O5. The number of benzene rings is 2. The van der Waals surface area contributed by atoms with E-state index in [1.807, 2.05) is 0 Å². The van der Waals surface area contributed by atoms with Gasteiger partial charge in [-0.1, -0.05) is 17.7 Å². The lowest BCUT2D eigenvalue weighted by molar-refractivity contribution is -0.121. The molecule has 9 heteroatoms. The first-order chi connectivity index (χ1) is 16.0. The Morgan fingerprint density at radius 2 is 1.97 bits per heavy atom. The number of carbonyl (C=O) groups is 3. The highest BCUT2D eigenvalue weighted by atomic mass is 35.5. The maximum absolute atomic E-state index is 13.5. The number of nitrogens with zero attached hydrogens (tertiary/aromatic N) is 2. The minimum Gasteiger partial charge on any atom is -0.496 e. The summed E-state index contributed by atoms with van der Waals surface area (Å²) in [5, 5.41) is 3.38. The summed E-state index contributed by atoms with van der Waals surface area (Å²) in [6.45, 7) is 0.611. The van der Waals surface area contributed by atoms with Crippen molar-refractivity contribution in [2.75, 3.05) is 32.1 Å². The van der Waals surface area contributed by atoms with E-state index in [2.05, 4.69) is 5.32 Å². The highest BCUT2D eigenvalue weighted by molar-refractivity contribution is 6.31. The lowest BCUT2D eigenvalue weighted by Gasteiger charge is -2.39. The van der Waals surface area contributed by atoms with Crippen LogP contribution in [0.3, 0.4) is 0 Å². The fourth-order valence-electron chi connectivity index (χ4n) is 4.27. The Balaban J connectivity index is 1.47. The van der Waals surface area contributed by atoms with E-state index < -0.39 is 6.04 Å². The van der Waals surface area contributed by atoms with Crippen molar-refractivity contribution in [3.63, 3.8) is 0 Å². The number of anilines is 1. The van der Waals surface area contributed by atoms with Crippen LogP contribution < -0.4 is 10.1 Å². The van der Waals surface area contributed by atoms with E-state index in [1.165, 1.54) is 16.1 Å². The van der Waals surface area contributed by atoms with Crippen LogP contribution in [0, 0.1) is 0 Å². The third-order valence-corrected chi connectivity index (χ3v) is 6.18. The summed E-state index contributed by atoms with van der Waals surface area (Å²) < 4.78 is 10.6. The summed E-state index contributed by atoms with van der Waals surface area (Å²) in [5.41, 5.74) is 2.27. The number of carbonyl (C=O) groups excluding carboxylic acids is 3. The van der Waals surface area contributed by atoms with E-state index in [0.29, 0.717) is 28.6 Å². The van der Waals surface area contributed by atoms with Gasteiger partial charge in [-0.3, -0.25) is 14.4 Å². The number of rotatable bonds is 3. The van der Waals surface area contributed by atoms with Crippen LogP contribution in [0.4, 0.5) is 5.69 Å². The maximum atomic E-state index is 13.5. The molecule has 33 heavy (non-hydrogen) atoms. The van der Waals surface area contributed by atoms with Crippen LogP contribution in [0.1, 0.15) is 20.9 Å². The van der Waals surface area contributed by atoms with E-state index in [9.17, 15) is 14.4 Å². The molecule has 0 radical (unpaired) electrons. The van der Waals surface area contributed by atoms with Gasteiger partial charge in [0, 0.05) is 23.7 Å².